The van der Waals surface area contributed by atoms with Crippen molar-refractivity contribution in [2.75, 3.05) is 0 Å². The Bertz CT molecular complexity index is 500. The molecule has 0 saturated heterocycles. The highest BCUT2D eigenvalue weighted by Crippen LogP contribution is 2.14. The molecule has 3 nitrogen and oxygen atoms in total. The summed E-state index contributed by atoms with van der Waals surface area (Å²) < 4.78 is 1.72. The second-order valence-electron chi connectivity index (χ2n) is 3.63. The molecular formula is C12H12N2O. The van der Waals surface area contributed by atoms with Crippen molar-refractivity contribution in [2.24, 2.45) is 0 Å². The van der Waals surface area contributed by atoms with Gasteiger partial charge in [0.15, 0.2) is 6.29 Å². The van der Waals surface area contributed by atoms with Gasteiger partial charge in [0.25, 0.3) is 0 Å². The predicted molar refractivity (Wildman–Crippen MR) is 58.4 cm³/mol. The zero-order chi connectivity index (χ0) is 10.8. The van der Waals surface area contributed by atoms with Crippen molar-refractivity contribution in [1.29, 1.82) is 0 Å². The lowest BCUT2D eigenvalue weighted by Gasteiger charge is -2.06. The van der Waals surface area contributed by atoms with Crippen LogP contribution in [0.15, 0.2) is 30.6 Å². The van der Waals surface area contributed by atoms with Crippen molar-refractivity contribution in [3.8, 4) is 5.69 Å². The summed E-state index contributed by atoms with van der Waals surface area (Å²) in [6.45, 7) is 4.08. The van der Waals surface area contributed by atoms with Gasteiger partial charge in [-0.3, -0.25) is 4.79 Å². The molecular weight excluding hydrogens is 188 g/mol. The fourth-order valence-corrected chi connectivity index (χ4v) is 1.59. The Morgan fingerprint density at radius 1 is 1.33 bits per heavy atom. The van der Waals surface area contributed by atoms with Crippen molar-refractivity contribution in [3.63, 3.8) is 0 Å². The van der Waals surface area contributed by atoms with Crippen LogP contribution in [-0.4, -0.2) is 16.1 Å². The highest BCUT2D eigenvalue weighted by atomic mass is 16.1. The molecule has 0 aliphatic carbocycles. The number of carbonyl (C=O) groups excluding carboxylic acids is 1. The summed E-state index contributed by atoms with van der Waals surface area (Å²) >= 11 is 0. The maximum Gasteiger partial charge on any atom is 0.153 e. The number of aryl methyl sites for hydroxylation is 2. The SMILES string of the molecule is Cc1ccc(-n2cc(C=O)cn2)c(C)c1. The van der Waals surface area contributed by atoms with Gasteiger partial charge in [0.1, 0.15) is 0 Å². The average molecular weight is 200 g/mol. The number of rotatable bonds is 2. The first-order chi connectivity index (χ1) is 7.20. The number of aldehydes is 1. The van der Waals surface area contributed by atoms with Gasteiger partial charge in [-0.2, -0.15) is 5.10 Å². The van der Waals surface area contributed by atoms with Gasteiger partial charge < -0.3 is 0 Å². The third kappa shape index (κ3) is 1.81. The van der Waals surface area contributed by atoms with Crippen LogP contribution in [0.4, 0.5) is 0 Å². The Labute approximate surface area is 88.4 Å². The summed E-state index contributed by atoms with van der Waals surface area (Å²) in [6, 6.07) is 6.13. The maximum absolute atomic E-state index is 10.5. The van der Waals surface area contributed by atoms with Gasteiger partial charge in [0.2, 0.25) is 0 Å². The Morgan fingerprint density at radius 2 is 2.13 bits per heavy atom. The second kappa shape index (κ2) is 3.69. The van der Waals surface area contributed by atoms with Crippen LogP contribution in [0.5, 0.6) is 0 Å². The Balaban J connectivity index is 2.49. The minimum atomic E-state index is 0.593. The fraction of sp³-hybridized carbons (Fsp3) is 0.167. The highest BCUT2D eigenvalue weighted by Gasteiger charge is 2.03. The summed E-state index contributed by atoms with van der Waals surface area (Å²) in [5, 5.41) is 4.13. The molecule has 0 radical (unpaired) electrons. The number of aromatic nitrogens is 2. The second-order valence-corrected chi connectivity index (χ2v) is 3.63. The summed E-state index contributed by atoms with van der Waals surface area (Å²) in [7, 11) is 0. The van der Waals surface area contributed by atoms with E-state index in [0.29, 0.717) is 5.56 Å². The van der Waals surface area contributed by atoms with Crippen LogP contribution in [0, 0.1) is 13.8 Å². The predicted octanol–water partition coefficient (Wildman–Crippen LogP) is 2.30. The van der Waals surface area contributed by atoms with Crippen LogP contribution in [0.1, 0.15) is 21.5 Å². The molecule has 0 spiro atoms. The maximum atomic E-state index is 10.5. The van der Waals surface area contributed by atoms with E-state index in [-0.39, 0.29) is 0 Å². The molecule has 2 rings (SSSR count). The number of hydrogen-bond donors (Lipinski definition) is 0. The minimum absolute atomic E-state index is 0.593. The van der Waals surface area contributed by atoms with Crippen molar-refractivity contribution in [1.82, 2.24) is 9.78 Å². The van der Waals surface area contributed by atoms with E-state index in [4.69, 9.17) is 0 Å². The number of carbonyl (C=O) groups is 1. The van der Waals surface area contributed by atoms with E-state index in [0.717, 1.165) is 17.5 Å². The fourth-order valence-electron chi connectivity index (χ4n) is 1.59. The molecule has 0 N–H and O–H groups in total. The Hall–Kier alpha value is -1.90. The van der Waals surface area contributed by atoms with Crippen molar-refractivity contribution in [3.05, 3.63) is 47.3 Å². The molecule has 2 aromatic rings. The Morgan fingerprint density at radius 3 is 2.73 bits per heavy atom. The van der Waals surface area contributed by atoms with Crippen LogP contribution in [0.3, 0.4) is 0 Å². The molecule has 0 amide bonds. The summed E-state index contributed by atoms with van der Waals surface area (Å²) in [4.78, 5) is 10.5. The Kier molecular flexibility index (Phi) is 2.37. The van der Waals surface area contributed by atoms with Crippen LogP contribution >= 0.6 is 0 Å². The normalized spacial score (nSPS) is 10.3. The lowest BCUT2D eigenvalue weighted by atomic mass is 10.1. The lowest BCUT2D eigenvalue weighted by molar-refractivity contribution is 0.112. The van der Waals surface area contributed by atoms with Crippen LogP contribution in [-0.2, 0) is 0 Å². The molecule has 0 atom stereocenters. The monoisotopic (exact) mass is 200 g/mol. The summed E-state index contributed by atoms with van der Waals surface area (Å²) in [5.74, 6) is 0. The molecule has 1 aromatic carbocycles. The molecule has 0 fully saturated rings. The first-order valence-electron chi connectivity index (χ1n) is 4.78. The quantitative estimate of drug-likeness (QED) is 0.697. The first kappa shape index (κ1) is 9.65. The van der Waals surface area contributed by atoms with Crippen molar-refractivity contribution in [2.45, 2.75) is 13.8 Å². The van der Waals surface area contributed by atoms with Gasteiger partial charge in [-0.05, 0) is 25.5 Å². The zero-order valence-electron chi connectivity index (χ0n) is 8.77. The van der Waals surface area contributed by atoms with Crippen molar-refractivity contribution >= 4 is 6.29 Å². The largest absolute Gasteiger partial charge is 0.298 e. The van der Waals surface area contributed by atoms with Crippen LogP contribution in [0.25, 0.3) is 5.69 Å². The van der Waals surface area contributed by atoms with E-state index in [1.54, 1.807) is 17.1 Å². The van der Waals surface area contributed by atoms with E-state index in [9.17, 15) is 4.79 Å². The van der Waals surface area contributed by atoms with Gasteiger partial charge in [0.05, 0.1) is 17.4 Å². The van der Waals surface area contributed by atoms with Crippen LogP contribution in [0.2, 0.25) is 0 Å². The van der Waals surface area contributed by atoms with Gasteiger partial charge in [-0.15, -0.1) is 0 Å². The molecule has 1 heterocycles. The van der Waals surface area contributed by atoms with Gasteiger partial charge in [-0.1, -0.05) is 17.7 Å². The molecule has 76 valence electrons. The minimum Gasteiger partial charge on any atom is -0.298 e. The lowest BCUT2D eigenvalue weighted by Crippen LogP contribution is -1.97. The number of hydrogen-bond acceptors (Lipinski definition) is 2. The molecule has 3 heteroatoms. The van der Waals surface area contributed by atoms with Gasteiger partial charge >= 0.3 is 0 Å². The molecule has 15 heavy (non-hydrogen) atoms. The third-order valence-electron chi connectivity index (χ3n) is 2.34. The summed E-state index contributed by atoms with van der Waals surface area (Å²) in [5.41, 5.74) is 3.97. The molecule has 0 bridgehead atoms. The average Bonchev–Trinajstić information content (AvgIpc) is 2.66. The standard InChI is InChI=1S/C12H12N2O/c1-9-3-4-12(10(2)5-9)14-7-11(8-15)6-13-14/h3-8H,1-2H3. The summed E-state index contributed by atoms with van der Waals surface area (Å²) in [6.07, 6.45) is 4.09. The molecule has 0 aliphatic heterocycles. The molecule has 1 aromatic heterocycles. The number of benzene rings is 1. The molecule has 0 saturated carbocycles. The van der Waals surface area contributed by atoms with E-state index >= 15 is 0 Å². The van der Waals surface area contributed by atoms with Crippen LogP contribution < -0.4 is 0 Å². The third-order valence-corrected chi connectivity index (χ3v) is 2.34. The van der Waals surface area contributed by atoms with Crippen molar-refractivity contribution < 1.29 is 4.79 Å². The smallest absolute Gasteiger partial charge is 0.153 e. The van der Waals surface area contributed by atoms with Gasteiger partial charge in [0, 0.05) is 6.20 Å². The highest BCUT2D eigenvalue weighted by molar-refractivity contribution is 5.73. The topological polar surface area (TPSA) is 34.9 Å². The van der Waals surface area contributed by atoms with E-state index in [1.165, 1.54) is 5.56 Å². The van der Waals surface area contributed by atoms with E-state index in [2.05, 4.69) is 18.1 Å². The zero-order valence-corrected chi connectivity index (χ0v) is 8.77. The van der Waals surface area contributed by atoms with E-state index < -0.39 is 0 Å². The van der Waals surface area contributed by atoms with Gasteiger partial charge in [-0.25, -0.2) is 4.68 Å². The molecule has 0 unspecified atom stereocenters. The number of nitrogens with zero attached hydrogens (tertiary/aromatic N) is 2. The van der Waals surface area contributed by atoms with E-state index in [1.807, 2.05) is 19.1 Å². The first-order valence-corrected chi connectivity index (χ1v) is 4.78. The molecule has 0 aliphatic rings.